The van der Waals surface area contributed by atoms with Crippen LogP contribution in [0.25, 0.3) is 0 Å². The van der Waals surface area contributed by atoms with E-state index in [1.54, 1.807) is 0 Å². The molecular weight excluding hydrogens is 192 g/mol. The number of nitrogens with zero attached hydrogens (tertiary/aromatic N) is 2. The summed E-state index contributed by atoms with van der Waals surface area (Å²) in [4.78, 5) is 6.72. The average Bonchev–Trinajstić information content (AvgIpc) is 2.17. The zero-order chi connectivity index (χ0) is 10.6. The molecule has 1 rings (SSSR count). The highest BCUT2D eigenvalue weighted by Gasteiger charge is 2.09. The van der Waals surface area contributed by atoms with Crippen molar-refractivity contribution in [3.05, 3.63) is 23.9 Å². The lowest BCUT2D eigenvalue weighted by Gasteiger charge is -2.25. The van der Waals surface area contributed by atoms with Crippen LogP contribution in [0.3, 0.4) is 0 Å². The Labute approximate surface area is 90.7 Å². The summed E-state index contributed by atoms with van der Waals surface area (Å²) in [5, 5.41) is 0. The highest BCUT2D eigenvalue weighted by molar-refractivity contribution is 7.98. The van der Waals surface area contributed by atoms with Crippen molar-refractivity contribution < 1.29 is 0 Å². The van der Waals surface area contributed by atoms with E-state index in [2.05, 4.69) is 42.2 Å². The quantitative estimate of drug-likeness (QED) is 0.760. The van der Waals surface area contributed by atoms with Crippen molar-refractivity contribution in [3.8, 4) is 0 Å². The van der Waals surface area contributed by atoms with Gasteiger partial charge >= 0.3 is 0 Å². The Kier molecular flexibility index (Phi) is 4.26. The Morgan fingerprint density at radius 2 is 2.21 bits per heavy atom. The number of aryl methyl sites for hydroxylation is 1. The third kappa shape index (κ3) is 2.91. The zero-order valence-corrected chi connectivity index (χ0v) is 10.1. The van der Waals surface area contributed by atoms with Gasteiger partial charge in [0.1, 0.15) is 5.82 Å². The lowest BCUT2D eigenvalue weighted by Crippen LogP contribution is -2.31. The molecular formula is C11H18N2S. The van der Waals surface area contributed by atoms with Crippen molar-refractivity contribution in [2.24, 2.45) is 0 Å². The van der Waals surface area contributed by atoms with E-state index in [0.29, 0.717) is 6.04 Å². The lowest BCUT2D eigenvalue weighted by atomic mass is 10.3. The fraction of sp³-hybridized carbons (Fsp3) is 0.545. The topological polar surface area (TPSA) is 16.1 Å². The van der Waals surface area contributed by atoms with Crippen molar-refractivity contribution in [1.82, 2.24) is 4.98 Å². The molecule has 3 heteroatoms. The van der Waals surface area contributed by atoms with Crippen LogP contribution in [0.2, 0.25) is 0 Å². The minimum absolute atomic E-state index is 0.527. The van der Waals surface area contributed by atoms with Crippen LogP contribution in [0.4, 0.5) is 5.82 Å². The Bertz CT molecular complexity index is 288. The average molecular weight is 210 g/mol. The number of hydrogen-bond acceptors (Lipinski definition) is 3. The van der Waals surface area contributed by atoms with Gasteiger partial charge < -0.3 is 4.90 Å². The Morgan fingerprint density at radius 3 is 2.79 bits per heavy atom. The van der Waals surface area contributed by atoms with Crippen molar-refractivity contribution >= 4 is 17.6 Å². The summed E-state index contributed by atoms with van der Waals surface area (Å²) in [6.45, 7) is 4.25. The number of aromatic nitrogens is 1. The number of pyridine rings is 1. The standard InChI is InChI=1S/C11H18N2S/c1-9-6-5-7-11(12-9)13(3)10(2)8-14-4/h5-7,10H,8H2,1-4H3. The summed E-state index contributed by atoms with van der Waals surface area (Å²) >= 11 is 1.87. The summed E-state index contributed by atoms with van der Waals surface area (Å²) in [7, 11) is 2.10. The predicted octanol–water partition coefficient (Wildman–Crippen LogP) is 2.58. The maximum absolute atomic E-state index is 4.49. The van der Waals surface area contributed by atoms with E-state index >= 15 is 0 Å². The molecule has 0 radical (unpaired) electrons. The van der Waals surface area contributed by atoms with Crippen LogP contribution in [0.5, 0.6) is 0 Å². The molecule has 0 amide bonds. The molecule has 0 aromatic carbocycles. The fourth-order valence-corrected chi connectivity index (χ4v) is 2.01. The lowest BCUT2D eigenvalue weighted by molar-refractivity contribution is 0.752. The molecule has 1 unspecified atom stereocenters. The second kappa shape index (κ2) is 5.25. The molecule has 14 heavy (non-hydrogen) atoms. The predicted molar refractivity (Wildman–Crippen MR) is 65.2 cm³/mol. The van der Waals surface area contributed by atoms with Crippen LogP contribution in [-0.2, 0) is 0 Å². The molecule has 1 atom stereocenters. The molecule has 78 valence electrons. The summed E-state index contributed by atoms with van der Waals surface area (Å²) in [5.74, 6) is 2.19. The first-order valence-corrected chi connectivity index (χ1v) is 6.20. The second-order valence-electron chi connectivity index (χ2n) is 3.55. The van der Waals surface area contributed by atoms with E-state index in [-0.39, 0.29) is 0 Å². The van der Waals surface area contributed by atoms with Crippen molar-refractivity contribution in [2.45, 2.75) is 19.9 Å². The first kappa shape index (κ1) is 11.4. The molecule has 0 bridgehead atoms. The third-order valence-corrected chi connectivity index (χ3v) is 3.12. The van der Waals surface area contributed by atoms with E-state index in [1.165, 1.54) is 0 Å². The second-order valence-corrected chi connectivity index (χ2v) is 4.46. The maximum Gasteiger partial charge on any atom is 0.128 e. The molecule has 1 aromatic rings. The van der Waals surface area contributed by atoms with Crippen LogP contribution in [0.15, 0.2) is 18.2 Å². The smallest absolute Gasteiger partial charge is 0.128 e. The maximum atomic E-state index is 4.49. The van der Waals surface area contributed by atoms with Crippen LogP contribution in [0, 0.1) is 6.92 Å². The molecule has 0 N–H and O–H groups in total. The van der Waals surface area contributed by atoms with Crippen molar-refractivity contribution in [1.29, 1.82) is 0 Å². The van der Waals surface area contributed by atoms with Gasteiger partial charge in [-0.1, -0.05) is 6.07 Å². The Balaban J connectivity index is 2.73. The van der Waals surface area contributed by atoms with Crippen LogP contribution < -0.4 is 4.90 Å². The van der Waals surface area contributed by atoms with Crippen molar-refractivity contribution in [3.63, 3.8) is 0 Å². The van der Waals surface area contributed by atoms with Gasteiger partial charge in [0.25, 0.3) is 0 Å². The Morgan fingerprint density at radius 1 is 1.50 bits per heavy atom. The van der Waals surface area contributed by atoms with Gasteiger partial charge in [0.2, 0.25) is 0 Å². The molecule has 1 aromatic heterocycles. The fourth-order valence-electron chi connectivity index (χ4n) is 1.30. The first-order valence-electron chi connectivity index (χ1n) is 4.80. The van der Waals surface area contributed by atoms with E-state index in [1.807, 2.05) is 24.8 Å². The molecule has 2 nitrogen and oxygen atoms in total. The van der Waals surface area contributed by atoms with Crippen LogP contribution >= 0.6 is 11.8 Å². The molecule has 0 aliphatic rings. The van der Waals surface area contributed by atoms with Gasteiger partial charge in [-0.2, -0.15) is 11.8 Å². The van der Waals surface area contributed by atoms with E-state index in [9.17, 15) is 0 Å². The van der Waals surface area contributed by atoms with Crippen LogP contribution in [-0.4, -0.2) is 30.1 Å². The number of anilines is 1. The molecule has 1 heterocycles. The minimum atomic E-state index is 0.527. The van der Waals surface area contributed by atoms with Crippen LogP contribution in [0.1, 0.15) is 12.6 Å². The van der Waals surface area contributed by atoms with E-state index < -0.39 is 0 Å². The molecule has 0 saturated heterocycles. The minimum Gasteiger partial charge on any atom is -0.356 e. The number of thioether (sulfide) groups is 1. The van der Waals surface area contributed by atoms with E-state index in [4.69, 9.17) is 0 Å². The van der Waals surface area contributed by atoms with Gasteiger partial charge in [-0.05, 0) is 32.2 Å². The van der Waals surface area contributed by atoms with Gasteiger partial charge in [-0.3, -0.25) is 0 Å². The largest absolute Gasteiger partial charge is 0.356 e. The number of hydrogen-bond donors (Lipinski definition) is 0. The highest BCUT2D eigenvalue weighted by atomic mass is 32.2. The molecule has 0 aliphatic heterocycles. The zero-order valence-electron chi connectivity index (χ0n) is 9.32. The first-order chi connectivity index (χ1) is 6.65. The monoisotopic (exact) mass is 210 g/mol. The number of rotatable bonds is 4. The van der Waals surface area contributed by atoms with Gasteiger partial charge in [0, 0.05) is 24.5 Å². The van der Waals surface area contributed by atoms with Gasteiger partial charge in [0.05, 0.1) is 0 Å². The normalized spacial score (nSPS) is 12.6. The summed E-state index contributed by atoms with van der Waals surface area (Å²) < 4.78 is 0. The van der Waals surface area contributed by atoms with Gasteiger partial charge in [0.15, 0.2) is 0 Å². The Hall–Kier alpha value is -0.700. The molecule has 0 aliphatic carbocycles. The van der Waals surface area contributed by atoms with Crippen molar-refractivity contribution in [2.75, 3.05) is 24.0 Å². The van der Waals surface area contributed by atoms with E-state index in [0.717, 1.165) is 17.3 Å². The molecule has 0 fully saturated rings. The van der Waals surface area contributed by atoms with Gasteiger partial charge in [-0.25, -0.2) is 4.98 Å². The summed E-state index contributed by atoms with van der Waals surface area (Å²) in [6, 6.07) is 6.67. The SMILES string of the molecule is CSCC(C)N(C)c1cccc(C)n1. The highest BCUT2D eigenvalue weighted by Crippen LogP contribution is 2.14. The van der Waals surface area contributed by atoms with Gasteiger partial charge in [-0.15, -0.1) is 0 Å². The molecule has 0 saturated carbocycles. The summed E-state index contributed by atoms with van der Waals surface area (Å²) in [5.41, 5.74) is 1.07. The molecule has 0 spiro atoms. The summed E-state index contributed by atoms with van der Waals surface area (Å²) in [6.07, 6.45) is 2.13. The third-order valence-electron chi connectivity index (χ3n) is 2.30.